The van der Waals surface area contributed by atoms with Crippen molar-refractivity contribution >= 4 is 17.7 Å². The molecule has 0 atom stereocenters. The smallest absolute Gasteiger partial charge is 0.247 e. The van der Waals surface area contributed by atoms with E-state index in [1.54, 1.807) is 10.8 Å². The van der Waals surface area contributed by atoms with Crippen LogP contribution in [0.25, 0.3) is 11.8 Å². The Labute approximate surface area is 126 Å². The van der Waals surface area contributed by atoms with Crippen LogP contribution in [0.15, 0.2) is 49.2 Å². The number of allylic oxidation sites excluding steroid dienone is 6. The Kier molecular flexibility index (Phi) is 4.58. The fourth-order valence-corrected chi connectivity index (χ4v) is 1.89. The van der Waals surface area contributed by atoms with E-state index in [4.69, 9.17) is 0 Å². The molecule has 0 unspecified atom stereocenters. The summed E-state index contributed by atoms with van der Waals surface area (Å²) in [6, 6.07) is 0. The van der Waals surface area contributed by atoms with Crippen LogP contribution in [-0.4, -0.2) is 14.8 Å². The first-order chi connectivity index (χ1) is 10.1. The Hall–Kier alpha value is -2.36. The van der Waals surface area contributed by atoms with E-state index in [0.717, 1.165) is 17.0 Å². The molecule has 1 fully saturated rings. The van der Waals surface area contributed by atoms with Crippen LogP contribution in [-0.2, 0) is 0 Å². The SMILES string of the molecule is C=Cc1nc(NC(=C)C2CC2)nn1C(=C)/C(C)=C/C=C\C. The lowest BCUT2D eigenvalue weighted by Gasteiger charge is -2.07. The first-order valence-corrected chi connectivity index (χ1v) is 7.11. The zero-order chi connectivity index (χ0) is 15.4. The van der Waals surface area contributed by atoms with Crippen LogP contribution < -0.4 is 5.32 Å². The van der Waals surface area contributed by atoms with Gasteiger partial charge in [-0.1, -0.05) is 38.0 Å². The van der Waals surface area contributed by atoms with Crippen LogP contribution in [0.5, 0.6) is 0 Å². The summed E-state index contributed by atoms with van der Waals surface area (Å²) in [7, 11) is 0. The topological polar surface area (TPSA) is 42.7 Å². The van der Waals surface area contributed by atoms with E-state index >= 15 is 0 Å². The molecule has 0 saturated heterocycles. The van der Waals surface area contributed by atoms with Gasteiger partial charge in [0.05, 0.1) is 5.70 Å². The van der Waals surface area contributed by atoms with E-state index in [2.05, 4.69) is 35.1 Å². The normalized spacial score (nSPS) is 15.2. The number of hydrogen-bond donors (Lipinski definition) is 1. The highest BCUT2D eigenvalue weighted by Crippen LogP contribution is 2.35. The van der Waals surface area contributed by atoms with E-state index in [9.17, 15) is 0 Å². The van der Waals surface area contributed by atoms with E-state index in [-0.39, 0.29) is 0 Å². The predicted octanol–water partition coefficient (Wildman–Crippen LogP) is 4.25. The van der Waals surface area contributed by atoms with E-state index in [1.165, 1.54) is 12.8 Å². The molecule has 1 N–H and O–H groups in total. The van der Waals surface area contributed by atoms with Gasteiger partial charge in [-0.05, 0) is 44.3 Å². The monoisotopic (exact) mass is 282 g/mol. The molecule has 4 nitrogen and oxygen atoms in total. The van der Waals surface area contributed by atoms with Crippen LogP contribution in [0, 0.1) is 5.92 Å². The molecule has 1 aromatic heterocycles. The number of rotatable bonds is 7. The maximum atomic E-state index is 4.46. The van der Waals surface area contributed by atoms with Gasteiger partial charge >= 0.3 is 0 Å². The van der Waals surface area contributed by atoms with E-state index in [0.29, 0.717) is 17.7 Å². The fraction of sp³-hybridized carbons (Fsp3) is 0.294. The second-order valence-electron chi connectivity index (χ2n) is 5.16. The first kappa shape index (κ1) is 15.0. The van der Waals surface area contributed by atoms with Gasteiger partial charge in [0.1, 0.15) is 0 Å². The van der Waals surface area contributed by atoms with Gasteiger partial charge in [-0.2, -0.15) is 4.98 Å². The summed E-state index contributed by atoms with van der Waals surface area (Å²) in [5.74, 6) is 1.77. The molecule has 0 aliphatic heterocycles. The quantitative estimate of drug-likeness (QED) is 0.760. The van der Waals surface area contributed by atoms with Crippen LogP contribution in [0.2, 0.25) is 0 Å². The first-order valence-electron chi connectivity index (χ1n) is 7.11. The van der Waals surface area contributed by atoms with E-state index < -0.39 is 0 Å². The molecule has 0 aromatic carbocycles. The highest BCUT2D eigenvalue weighted by Gasteiger charge is 2.25. The molecule has 1 aliphatic rings. The van der Waals surface area contributed by atoms with Crippen LogP contribution in [0.4, 0.5) is 5.95 Å². The molecule has 0 bridgehead atoms. The number of nitrogens with zero attached hydrogens (tertiary/aromatic N) is 3. The summed E-state index contributed by atoms with van der Waals surface area (Å²) in [6.07, 6.45) is 10.00. The molecule has 21 heavy (non-hydrogen) atoms. The summed E-state index contributed by atoms with van der Waals surface area (Å²) in [4.78, 5) is 4.42. The number of hydrogen-bond acceptors (Lipinski definition) is 3. The maximum Gasteiger partial charge on any atom is 0.247 e. The van der Waals surface area contributed by atoms with E-state index in [1.807, 2.05) is 32.1 Å². The van der Waals surface area contributed by atoms with Crippen molar-refractivity contribution in [3.8, 4) is 0 Å². The minimum absolute atomic E-state index is 0.543. The zero-order valence-corrected chi connectivity index (χ0v) is 12.8. The van der Waals surface area contributed by atoms with Crippen molar-refractivity contribution in [2.75, 3.05) is 5.32 Å². The van der Waals surface area contributed by atoms with Gasteiger partial charge in [-0.3, -0.25) is 0 Å². The number of aromatic nitrogens is 3. The Bertz CT molecular complexity index is 627. The maximum absolute atomic E-state index is 4.46. The average molecular weight is 282 g/mol. The number of anilines is 1. The third-order valence-corrected chi connectivity index (χ3v) is 3.41. The van der Waals surface area contributed by atoms with Crippen LogP contribution in [0.3, 0.4) is 0 Å². The lowest BCUT2D eigenvalue weighted by atomic mass is 10.2. The van der Waals surface area contributed by atoms with Crippen molar-refractivity contribution in [2.24, 2.45) is 5.92 Å². The largest absolute Gasteiger partial charge is 0.327 e. The van der Waals surface area contributed by atoms with Gasteiger partial charge in [-0.25, -0.2) is 4.68 Å². The van der Waals surface area contributed by atoms with Gasteiger partial charge < -0.3 is 5.32 Å². The molecule has 0 amide bonds. The van der Waals surface area contributed by atoms with Crippen molar-refractivity contribution < 1.29 is 0 Å². The summed E-state index contributed by atoms with van der Waals surface area (Å²) >= 11 is 0. The minimum Gasteiger partial charge on any atom is -0.327 e. The average Bonchev–Trinajstić information content (AvgIpc) is 3.25. The molecular weight excluding hydrogens is 260 g/mol. The molecule has 0 spiro atoms. The molecule has 0 radical (unpaired) electrons. The Morgan fingerprint density at radius 3 is 2.67 bits per heavy atom. The van der Waals surface area contributed by atoms with Crippen molar-refractivity contribution in [1.82, 2.24) is 14.8 Å². The summed E-state index contributed by atoms with van der Waals surface area (Å²) in [5, 5.41) is 7.63. The van der Waals surface area contributed by atoms with Crippen LogP contribution in [0.1, 0.15) is 32.5 Å². The number of nitrogens with one attached hydrogen (secondary N) is 1. The van der Waals surface area contributed by atoms with Crippen molar-refractivity contribution in [3.05, 3.63) is 55.1 Å². The zero-order valence-electron chi connectivity index (χ0n) is 12.8. The molecule has 4 heteroatoms. The lowest BCUT2D eigenvalue weighted by Crippen LogP contribution is -2.04. The third kappa shape index (κ3) is 3.60. The van der Waals surface area contributed by atoms with Gasteiger partial charge in [0.2, 0.25) is 5.95 Å². The molecule has 1 aromatic rings. The summed E-state index contributed by atoms with van der Waals surface area (Å²) in [5.41, 5.74) is 2.78. The minimum atomic E-state index is 0.543. The van der Waals surface area contributed by atoms with Gasteiger partial charge in [0, 0.05) is 5.70 Å². The molecule has 1 aliphatic carbocycles. The van der Waals surface area contributed by atoms with Gasteiger partial charge in [0.15, 0.2) is 5.82 Å². The fourth-order valence-electron chi connectivity index (χ4n) is 1.89. The Morgan fingerprint density at radius 2 is 2.10 bits per heavy atom. The summed E-state index contributed by atoms with van der Waals surface area (Å²) in [6.45, 7) is 15.9. The molecular formula is C17H22N4. The highest BCUT2D eigenvalue weighted by atomic mass is 15.4. The standard InChI is InChI=1S/C17H22N4/c1-6-8-9-12(3)14(5)21-16(7-2)19-17(20-21)18-13(4)15-10-11-15/h6-9,15H,2,4-5,10-11H2,1,3H3,(H,18,20)/b8-6-,12-9+. The highest BCUT2D eigenvalue weighted by molar-refractivity contribution is 5.64. The molecule has 1 heterocycles. The van der Waals surface area contributed by atoms with Crippen LogP contribution >= 0.6 is 0 Å². The molecule has 2 rings (SSSR count). The van der Waals surface area contributed by atoms with Crippen molar-refractivity contribution in [2.45, 2.75) is 26.7 Å². The molecule has 1 saturated carbocycles. The van der Waals surface area contributed by atoms with Gasteiger partial charge in [-0.15, -0.1) is 5.10 Å². The predicted molar refractivity (Wildman–Crippen MR) is 89.5 cm³/mol. The lowest BCUT2D eigenvalue weighted by molar-refractivity contribution is 0.888. The Balaban J connectivity index is 2.22. The second kappa shape index (κ2) is 6.39. The molecule has 110 valence electrons. The van der Waals surface area contributed by atoms with Crippen molar-refractivity contribution in [1.29, 1.82) is 0 Å². The third-order valence-electron chi connectivity index (χ3n) is 3.41. The Morgan fingerprint density at radius 1 is 1.38 bits per heavy atom. The van der Waals surface area contributed by atoms with Crippen molar-refractivity contribution in [3.63, 3.8) is 0 Å². The second-order valence-corrected chi connectivity index (χ2v) is 5.16. The summed E-state index contributed by atoms with van der Waals surface area (Å²) < 4.78 is 1.70. The van der Waals surface area contributed by atoms with Gasteiger partial charge in [0.25, 0.3) is 0 Å².